The second-order valence-electron chi connectivity index (χ2n) is 4.39. The van der Waals surface area contributed by atoms with E-state index >= 15 is 0 Å². The van der Waals surface area contributed by atoms with Crippen LogP contribution in [0.1, 0.15) is 25.0 Å². The predicted molar refractivity (Wildman–Crippen MR) is 74.5 cm³/mol. The number of hydrogen-bond acceptors (Lipinski definition) is 3. The fourth-order valence-corrected chi connectivity index (χ4v) is 2.72. The van der Waals surface area contributed by atoms with E-state index in [1.165, 1.54) is 0 Å². The van der Waals surface area contributed by atoms with Crippen LogP contribution in [0.3, 0.4) is 0 Å². The summed E-state index contributed by atoms with van der Waals surface area (Å²) in [7, 11) is 0. The highest BCUT2D eigenvalue weighted by Gasteiger charge is 2.13. The first-order chi connectivity index (χ1) is 8.63. The van der Waals surface area contributed by atoms with E-state index in [2.05, 4.69) is 6.07 Å². The van der Waals surface area contributed by atoms with Crippen molar-refractivity contribution in [3.63, 3.8) is 0 Å². The highest BCUT2D eigenvalue weighted by Crippen LogP contribution is 2.25. The van der Waals surface area contributed by atoms with Crippen molar-refractivity contribution in [1.29, 1.82) is 5.26 Å². The molecule has 1 N–H and O–H groups in total. The van der Waals surface area contributed by atoms with Crippen molar-refractivity contribution >= 4 is 17.3 Å². The molecule has 0 aliphatic rings. The van der Waals surface area contributed by atoms with Crippen LogP contribution in [0.5, 0.6) is 0 Å². The number of aliphatic hydroxyl groups excluding tert-OH is 1. The first-order valence-corrected chi connectivity index (χ1v) is 6.96. The normalized spacial score (nSPS) is 14.3. The highest BCUT2D eigenvalue weighted by atomic mass is 32.2. The molecule has 0 fully saturated rings. The topological polar surface area (TPSA) is 48.4 Å². The first kappa shape index (κ1) is 13.0. The molecule has 2 unspecified atom stereocenters. The Morgan fingerprint density at radius 2 is 2.22 bits per heavy atom. The maximum Gasteiger partial charge on any atom is 0.102 e. The van der Waals surface area contributed by atoms with Gasteiger partial charge in [0, 0.05) is 23.4 Å². The molecule has 18 heavy (non-hydrogen) atoms. The molecule has 0 amide bonds. The van der Waals surface area contributed by atoms with E-state index in [1.54, 1.807) is 18.7 Å². The van der Waals surface area contributed by atoms with E-state index in [9.17, 15) is 10.4 Å². The fourth-order valence-electron chi connectivity index (χ4n) is 1.78. The third-order valence-electron chi connectivity index (χ3n) is 3.06. The number of hydrogen-bond donors (Lipinski definition) is 1. The average Bonchev–Trinajstić information content (AvgIpc) is 2.73. The van der Waals surface area contributed by atoms with Crippen molar-refractivity contribution in [2.75, 3.05) is 0 Å². The van der Waals surface area contributed by atoms with Gasteiger partial charge in [-0.05, 0) is 24.6 Å². The molecular weight excluding hydrogens is 244 g/mol. The molecule has 0 saturated heterocycles. The number of thioether (sulfide) groups is 1. The Bertz CT molecular complexity index is 583. The van der Waals surface area contributed by atoms with Gasteiger partial charge in [0.25, 0.3) is 0 Å². The van der Waals surface area contributed by atoms with Crippen LogP contribution in [-0.4, -0.2) is 20.9 Å². The molecular formula is C14H16N2OS. The number of rotatable bonds is 4. The molecule has 3 nitrogen and oxygen atoms in total. The summed E-state index contributed by atoms with van der Waals surface area (Å²) in [6.45, 7) is 3.79. The van der Waals surface area contributed by atoms with Crippen LogP contribution in [0.15, 0.2) is 30.6 Å². The molecule has 2 heterocycles. The molecule has 0 aromatic carbocycles. The lowest BCUT2D eigenvalue weighted by Gasteiger charge is -2.13. The van der Waals surface area contributed by atoms with E-state index in [4.69, 9.17) is 0 Å². The Balaban J connectivity index is 2.26. The Kier molecular flexibility index (Phi) is 3.95. The monoisotopic (exact) mass is 260 g/mol. The maximum atomic E-state index is 9.47. The van der Waals surface area contributed by atoms with E-state index in [1.807, 2.05) is 41.9 Å². The zero-order chi connectivity index (χ0) is 13.1. The quantitative estimate of drug-likeness (QED) is 0.919. The SMILES string of the molecule is CC(O)C(C)SCc1cn2ccccc2c1C#N. The molecule has 0 radical (unpaired) electrons. The summed E-state index contributed by atoms with van der Waals surface area (Å²) >= 11 is 1.67. The second kappa shape index (κ2) is 5.47. The minimum absolute atomic E-state index is 0.166. The van der Waals surface area contributed by atoms with Gasteiger partial charge < -0.3 is 9.51 Å². The Labute approximate surface area is 111 Å². The van der Waals surface area contributed by atoms with Gasteiger partial charge in [0.1, 0.15) is 6.07 Å². The summed E-state index contributed by atoms with van der Waals surface area (Å²) < 4.78 is 1.97. The van der Waals surface area contributed by atoms with Gasteiger partial charge in [-0.3, -0.25) is 0 Å². The van der Waals surface area contributed by atoms with E-state index < -0.39 is 0 Å². The van der Waals surface area contributed by atoms with E-state index in [0.29, 0.717) is 0 Å². The molecule has 0 spiro atoms. The molecule has 2 atom stereocenters. The molecule has 0 saturated carbocycles. The van der Waals surface area contributed by atoms with Gasteiger partial charge >= 0.3 is 0 Å². The summed E-state index contributed by atoms with van der Waals surface area (Å²) in [5, 5.41) is 18.9. The summed E-state index contributed by atoms with van der Waals surface area (Å²) in [6.07, 6.45) is 3.61. The molecule has 2 aromatic heterocycles. The minimum Gasteiger partial charge on any atom is -0.392 e. The van der Waals surface area contributed by atoms with Gasteiger partial charge in [-0.1, -0.05) is 13.0 Å². The Morgan fingerprint density at radius 1 is 1.44 bits per heavy atom. The first-order valence-electron chi connectivity index (χ1n) is 5.92. The van der Waals surface area contributed by atoms with Crippen molar-refractivity contribution < 1.29 is 5.11 Å². The van der Waals surface area contributed by atoms with Gasteiger partial charge in [-0.25, -0.2) is 0 Å². The minimum atomic E-state index is -0.336. The van der Waals surface area contributed by atoms with Crippen LogP contribution < -0.4 is 0 Å². The van der Waals surface area contributed by atoms with Gasteiger partial charge in [-0.15, -0.1) is 0 Å². The van der Waals surface area contributed by atoms with Gasteiger partial charge in [0.15, 0.2) is 0 Å². The molecule has 94 valence electrons. The lowest BCUT2D eigenvalue weighted by molar-refractivity contribution is 0.196. The van der Waals surface area contributed by atoms with Crippen LogP contribution >= 0.6 is 11.8 Å². The standard InChI is InChI=1S/C14H16N2OS/c1-10(17)11(2)18-9-12-8-16-6-4-3-5-14(16)13(12)7-15/h3-6,8,10-11,17H,9H2,1-2H3. The van der Waals surface area contributed by atoms with Crippen molar-refractivity contribution in [3.8, 4) is 6.07 Å². The number of fused-ring (bicyclic) bond motifs is 1. The molecule has 2 rings (SSSR count). The van der Waals surface area contributed by atoms with Crippen molar-refractivity contribution in [1.82, 2.24) is 4.40 Å². The van der Waals surface area contributed by atoms with Crippen LogP contribution in [0.25, 0.3) is 5.52 Å². The van der Waals surface area contributed by atoms with Crippen LogP contribution in [0, 0.1) is 11.3 Å². The number of pyridine rings is 1. The second-order valence-corrected chi connectivity index (χ2v) is 5.76. The lowest BCUT2D eigenvalue weighted by atomic mass is 10.2. The number of nitrogens with zero attached hydrogens (tertiary/aromatic N) is 2. The molecule has 0 bridgehead atoms. The van der Waals surface area contributed by atoms with Crippen LogP contribution in [0.2, 0.25) is 0 Å². The molecule has 2 aromatic rings. The Hall–Kier alpha value is -1.44. The van der Waals surface area contributed by atoms with E-state index in [-0.39, 0.29) is 11.4 Å². The number of nitriles is 1. The van der Waals surface area contributed by atoms with Gasteiger partial charge in [-0.2, -0.15) is 17.0 Å². The van der Waals surface area contributed by atoms with E-state index in [0.717, 1.165) is 22.4 Å². The van der Waals surface area contributed by atoms with Crippen LogP contribution in [0.4, 0.5) is 0 Å². The Morgan fingerprint density at radius 3 is 2.89 bits per heavy atom. The number of aromatic nitrogens is 1. The molecule has 0 aliphatic heterocycles. The van der Waals surface area contributed by atoms with Crippen LogP contribution in [-0.2, 0) is 5.75 Å². The highest BCUT2D eigenvalue weighted by molar-refractivity contribution is 7.99. The number of aliphatic hydroxyl groups is 1. The van der Waals surface area contributed by atoms with Gasteiger partial charge in [0.05, 0.1) is 17.2 Å². The summed E-state index contributed by atoms with van der Waals surface area (Å²) in [6, 6.07) is 8.11. The maximum absolute atomic E-state index is 9.47. The van der Waals surface area contributed by atoms with Crippen molar-refractivity contribution in [2.45, 2.75) is 31.0 Å². The smallest absolute Gasteiger partial charge is 0.102 e. The fraction of sp³-hybridized carbons (Fsp3) is 0.357. The molecule has 0 aliphatic carbocycles. The molecule has 4 heteroatoms. The average molecular weight is 260 g/mol. The zero-order valence-corrected chi connectivity index (χ0v) is 11.3. The zero-order valence-electron chi connectivity index (χ0n) is 10.5. The summed E-state index contributed by atoms with van der Waals surface area (Å²) in [5.74, 6) is 0.747. The largest absolute Gasteiger partial charge is 0.392 e. The summed E-state index contributed by atoms with van der Waals surface area (Å²) in [5.41, 5.74) is 2.71. The van der Waals surface area contributed by atoms with Gasteiger partial charge in [0.2, 0.25) is 0 Å². The predicted octanol–water partition coefficient (Wildman–Crippen LogP) is 2.81. The third-order valence-corrected chi connectivity index (χ3v) is 4.45. The third kappa shape index (κ3) is 2.53. The van der Waals surface area contributed by atoms with Crippen molar-refractivity contribution in [3.05, 3.63) is 41.7 Å². The summed E-state index contributed by atoms with van der Waals surface area (Å²) in [4.78, 5) is 0. The van der Waals surface area contributed by atoms with Crippen molar-refractivity contribution in [2.24, 2.45) is 0 Å². The lowest BCUT2D eigenvalue weighted by Crippen LogP contribution is -2.15.